The number of rotatable bonds is 6. The molecular weight excluding hydrogens is 328 g/mol. The van der Waals surface area contributed by atoms with Gasteiger partial charge in [0.2, 0.25) is 11.6 Å². The van der Waals surface area contributed by atoms with Gasteiger partial charge in [-0.05, 0) is 36.0 Å². The summed E-state index contributed by atoms with van der Waals surface area (Å²) in [5.41, 5.74) is 0.877. The molecular formula is C17H16N2O4S. The third-order valence-electron chi connectivity index (χ3n) is 3.27. The second-order valence-corrected chi connectivity index (χ2v) is 5.73. The zero-order chi connectivity index (χ0) is 16.9. The van der Waals surface area contributed by atoms with Crippen LogP contribution in [0.25, 0.3) is 11.5 Å². The van der Waals surface area contributed by atoms with Gasteiger partial charge in [-0.25, -0.2) is 0 Å². The molecule has 0 N–H and O–H groups in total. The van der Waals surface area contributed by atoms with Crippen molar-refractivity contribution in [1.29, 1.82) is 0 Å². The lowest BCUT2D eigenvalue weighted by atomic mass is 10.2. The lowest BCUT2D eigenvalue weighted by molar-refractivity contribution is 0.323. The fraction of sp³-hybridized carbons (Fsp3) is 0.176. The van der Waals surface area contributed by atoms with Crippen molar-refractivity contribution < 1.29 is 18.6 Å². The summed E-state index contributed by atoms with van der Waals surface area (Å²) in [6, 6.07) is 13.3. The van der Waals surface area contributed by atoms with Crippen molar-refractivity contribution >= 4 is 11.8 Å². The molecule has 0 saturated heterocycles. The fourth-order valence-corrected chi connectivity index (χ4v) is 2.90. The van der Waals surface area contributed by atoms with E-state index in [0.29, 0.717) is 28.4 Å². The first kappa shape index (κ1) is 16.2. The molecule has 0 unspecified atom stereocenters. The molecule has 1 heterocycles. The molecule has 1 aromatic heterocycles. The highest BCUT2D eigenvalue weighted by Gasteiger charge is 2.16. The summed E-state index contributed by atoms with van der Waals surface area (Å²) < 4.78 is 21.7. The second-order valence-electron chi connectivity index (χ2n) is 4.70. The van der Waals surface area contributed by atoms with Gasteiger partial charge in [-0.15, -0.1) is 10.2 Å². The molecule has 2 aromatic carbocycles. The highest BCUT2D eigenvalue weighted by Crippen LogP contribution is 2.42. The van der Waals surface area contributed by atoms with E-state index in [0.717, 1.165) is 10.5 Å². The lowest BCUT2D eigenvalue weighted by Gasteiger charge is -2.13. The van der Waals surface area contributed by atoms with E-state index < -0.39 is 0 Å². The van der Waals surface area contributed by atoms with Crippen LogP contribution in [-0.4, -0.2) is 31.5 Å². The van der Waals surface area contributed by atoms with Gasteiger partial charge in [-0.2, -0.15) is 0 Å². The smallest absolute Gasteiger partial charge is 0.281 e. The Morgan fingerprint density at radius 2 is 1.54 bits per heavy atom. The van der Waals surface area contributed by atoms with Crippen LogP contribution in [0.4, 0.5) is 0 Å². The summed E-state index contributed by atoms with van der Waals surface area (Å²) in [6.07, 6.45) is 0. The van der Waals surface area contributed by atoms with Crippen molar-refractivity contribution in [3.63, 3.8) is 0 Å². The quantitative estimate of drug-likeness (QED) is 0.671. The van der Waals surface area contributed by atoms with Gasteiger partial charge >= 0.3 is 0 Å². The van der Waals surface area contributed by atoms with Crippen LogP contribution < -0.4 is 14.2 Å². The Kier molecular flexibility index (Phi) is 4.90. The monoisotopic (exact) mass is 344 g/mol. The zero-order valence-corrected chi connectivity index (χ0v) is 14.3. The summed E-state index contributed by atoms with van der Waals surface area (Å²) >= 11 is 1.33. The Morgan fingerprint density at radius 3 is 2.12 bits per heavy atom. The minimum absolute atomic E-state index is 0.433. The molecule has 7 heteroatoms. The Balaban J connectivity index is 1.88. The third-order valence-corrected chi connectivity index (χ3v) is 4.08. The fourth-order valence-electron chi connectivity index (χ4n) is 2.17. The number of nitrogens with zero attached hydrogens (tertiary/aromatic N) is 2. The molecule has 3 aromatic rings. The lowest BCUT2D eigenvalue weighted by Crippen LogP contribution is -1.95. The van der Waals surface area contributed by atoms with Crippen LogP contribution >= 0.6 is 11.8 Å². The standard InChI is InChI=1S/C17H16N2O4S/c1-20-13-9-12(10-14(21-2)15(13)22-3)24-17-19-18-16(23-17)11-7-5-4-6-8-11/h4-10H,1-3H3. The van der Waals surface area contributed by atoms with E-state index in [4.69, 9.17) is 18.6 Å². The summed E-state index contributed by atoms with van der Waals surface area (Å²) in [5.74, 6) is 2.16. The van der Waals surface area contributed by atoms with E-state index in [-0.39, 0.29) is 0 Å². The van der Waals surface area contributed by atoms with Crippen molar-refractivity contribution in [3.8, 4) is 28.7 Å². The molecule has 0 saturated carbocycles. The predicted molar refractivity (Wildman–Crippen MR) is 90.0 cm³/mol. The van der Waals surface area contributed by atoms with Crippen molar-refractivity contribution in [3.05, 3.63) is 42.5 Å². The molecule has 6 nitrogen and oxygen atoms in total. The van der Waals surface area contributed by atoms with E-state index in [1.807, 2.05) is 42.5 Å². The largest absolute Gasteiger partial charge is 0.493 e. The molecule has 0 aliphatic carbocycles. The van der Waals surface area contributed by atoms with Gasteiger partial charge in [0.05, 0.1) is 21.3 Å². The molecule has 3 rings (SSSR count). The SMILES string of the molecule is COc1cc(Sc2nnc(-c3ccccc3)o2)cc(OC)c1OC. The summed E-state index contributed by atoms with van der Waals surface area (Å²) in [6.45, 7) is 0. The van der Waals surface area contributed by atoms with Crippen LogP contribution in [-0.2, 0) is 0 Å². The number of hydrogen-bond acceptors (Lipinski definition) is 7. The topological polar surface area (TPSA) is 66.6 Å². The van der Waals surface area contributed by atoms with Gasteiger partial charge in [0.15, 0.2) is 11.5 Å². The number of hydrogen-bond donors (Lipinski definition) is 0. The zero-order valence-electron chi connectivity index (χ0n) is 13.5. The maximum atomic E-state index is 5.71. The predicted octanol–water partition coefficient (Wildman–Crippen LogP) is 3.91. The number of aromatic nitrogens is 2. The highest BCUT2D eigenvalue weighted by atomic mass is 32.2. The van der Waals surface area contributed by atoms with Gasteiger partial charge in [0, 0.05) is 10.5 Å². The summed E-state index contributed by atoms with van der Waals surface area (Å²) in [5, 5.41) is 8.59. The molecule has 0 amide bonds. The molecule has 0 aliphatic rings. The first-order valence-corrected chi connectivity index (χ1v) is 7.93. The van der Waals surface area contributed by atoms with Gasteiger partial charge < -0.3 is 18.6 Å². The maximum absolute atomic E-state index is 5.71. The van der Waals surface area contributed by atoms with Crippen LogP contribution in [0.3, 0.4) is 0 Å². The Hall–Kier alpha value is -2.67. The molecule has 0 atom stereocenters. The summed E-state index contributed by atoms with van der Waals surface area (Å²) in [7, 11) is 4.72. The van der Waals surface area contributed by atoms with Crippen LogP contribution in [0, 0.1) is 0 Å². The minimum Gasteiger partial charge on any atom is -0.493 e. The van der Waals surface area contributed by atoms with Crippen molar-refractivity contribution in [2.75, 3.05) is 21.3 Å². The van der Waals surface area contributed by atoms with E-state index in [1.54, 1.807) is 21.3 Å². The Labute approximate surface area is 143 Å². The van der Waals surface area contributed by atoms with Crippen LogP contribution in [0.15, 0.2) is 57.0 Å². The third kappa shape index (κ3) is 3.30. The normalized spacial score (nSPS) is 10.5. The number of ether oxygens (including phenoxy) is 3. The first-order valence-electron chi connectivity index (χ1n) is 7.12. The van der Waals surface area contributed by atoms with E-state index in [2.05, 4.69) is 10.2 Å². The average molecular weight is 344 g/mol. The maximum Gasteiger partial charge on any atom is 0.281 e. The number of methoxy groups -OCH3 is 3. The Bertz CT molecular complexity index is 795. The molecule has 24 heavy (non-hydrogen) atoms. The first-order chi connectivity index (χ1) is 11.7. The summed E-state index contributed by atoms with van der Waals surface area (Å²) in [4.78, 5) is 0.841. The molecule has 0 radical (unpaired) electrons. The molecule has 0 aliphatic heterocycles. The van der Waals surface area contributed by atoms with Gasteiger partial charge in [-0.3, -0.25) is 0 Å². The molecule has 124 valence electrons. The van der Waals surface area contributed by atoms with Crippen LogP contribution in [0.1, 0.15) is 0 Å². The van der Waals surface area contributed by atoms with Crippen molar-refractivity contribution in [2.24, 2.45) is 0 Å². The van der Waals surface area contributed by atoms with E-state index >= 15 is 0 Å². The molecule has 0 bridgehead atoms. The molecule has 0 spiro atoms. The van der Waals surface area contributed by atoms with Crippen LogP contribution in [0.2, 0.25) is 0 Å². The van der Waals surface area contributed by atoms with Gasteiger partial charge in [0.1, 0.15) is 0 Å². The van der Waals surface area contributed by atoms with Crippen LogP contribution in [0.5, 0.6) is 17.2 Å². The Morgan fingerprint density at radius 1 is 0.875 bits per heavy atom. The highest BCUT2D eigenvalue weighted by molar-refractivity contribution is 7.99. The van der Waals surface area contributed by atoms with E-state index in [9.17, 15) is 0 Å². The van der Waals surface area contributed by atoms with E-state index in [1.165, 1.54) is 11.8 Å². The van der Waals surface area contributed by atoms with Gasteiger partial charge in [-0.1, -0.05) is 18.2 Å². The number of benzene rings is 2. The minimum atomic E-state index is 0.433. The van der Waals surface area contributed by atoms with Crippen molar-refractivity contribution in [1.82, 2.24) is 10.2 Å². The van der Waals surface area contributed by atoms with Crippen molar-refractivity contribution in [2.45, 2.75) is 10.1 Å². The average Bonchev–Trinajstić information content (AvgIpc) is 3.10. The molecule has 0 fully saturated rings. The second kappa shape index (κ2) is 7.27. The van der Waals surface area contributed by atoms with Gasteiger partial charge in [0.25, 0.3) is 5.22 Å².